The topological polar surface area (TPSA) is 101 Å². The zero-order valence-electron chi connectivity index (χ0n) is 8.81. The molecule has 7 heteroatoms. The van der Waals surface area contributed by atoms with Crippen LogP contribution >= 0.6 is 0 Å². The molecule has 0 aromatic carbocycles. The zero-order chi connectivity index (χ0) is 11.7. The number of carbonyl (C=O) groups is 2. The van der Waals surface area contributed by atoms with Gasteiger partial charge in [0.2, 0.25) is 11.9 Å². The van der Waals surface area contributed by atoms with Gasteiger partial charge < -0.3 is 4.98 Å². The summed E-state index contributed by atoms with van der Waals surface area (Å²) < 4.78 is 0. The van der Waals surface area contributed by atoms with Crippen molar-refractivity contribution >= 4 is 23.6 Å². The number of imidazole rings is 1. The lowest BCUT2D eigenvalue weighted by molar-refractivity contribution is -0.122. The molecule has 16 heavy (non-hydrogen) atoms. The molecule has 0 fully saturated rings. The van der Waals surface area contributed by atoms with E-state index < -0.39 is 5.91 Å². The molecule has 0 unspecified atom stereocenters. The van der Waals surface area contributed by atoms with E-state index in [1.54, 1.807) is 13.8 Å². The lowest BCUT2D eigenvalue weighted by Gasteiger charge is -2.12. The van der Waals surface area contributed by atoms with E-state index in [0.29, 0.717) is 5.82 Å². The van der Waals surface area contributed by atoms with Crippen molar-refractivity contribution in [1.82, 2.24) is 20.6 Å². The van der Waals surface area contributed by atoms with Crippen molar-refractivity contribution in [1.29, 1.82) is 0 Å². The van der Waals surface area contributed by atoms with E-state index in [1.807, 2.05) is 0 Å². The van der Waals surface area contributed by atoms with Crippen molar-refractivity contribution in [3.05, 3.63) is 12.0 Å². The second-order valence-electron chi connectivity index (χ2n) is 3.60. The number of H-pyrrole nitrogens is 1. The summed E-state index contributed by atoms with van der Waals surface area (Å²) in [6, 6.07) is 0. The number of hydrogen-bond acceptors (Lipinski definition) is 4. The van der Waals surface area contributed by atoms with Crippen molar-refractivity contribution in [2.75, 3.05) is 0 Å². The van der Waals surface area contributed by atoms with E-state index in [9.17, 15) is 9.59 Å². The summed E-state index contributed by atoms with van der Waals surface area (Å²) in [5.41, 5.74) is 0.169. The highest BCUT2D eigenvalue weighted by atomic mass is 16.2. The summed E-state index contributed by atoms with van der Waals surface area (Å²) in [5.74, 6) is -0.626. The third-order valence-electron chi connectivity index (χ3n) is 2.01. The predicted octanol–water partition coefficient (Wildman–Crippen LogP) is -0.0724. The Labute approximate surface area is 91.4 Å². The Balaban J connectivity index is 2.20. The summed E-state index contributed by atoms with van der Waals surface area (Å²) in [7, 11) is 0. The summed E-state index contributed by atoms with van der Waals surface area (Å²) in [6.07, 6.45) is 1.36. The monoisotopic (exact) mass is 220 g/mol. The highest BCUT2D eigenvalue weighted by Gasteiger charge is 2.25. The molecule has 1 radical (unpaired) electrons. The fourth-order valence-electron chi connectivity index (χ4n) is 1.12. The second kappa shape index (κ2) is 3.76. The minimum absolute atomic E-state index is 0.000417. The fourth-order valence-corrected chi connectivity index (χ4v) is 1.12. The molecule has 2 N–H and O–H groups in total. The Morgan fingerprint density at radius 1 is 1.50 bits per heavy atom. The number of fused-ring (bicyclic) bond motifs is 1. The number of hydrogen-bond donors (Lipinski definition) is 2. The normalized spacial score (nSPS) is 14.2. The molecule has 0 atom stereocenters. The molecule has 1 aliphatic rings. The van der Waals surface area contributed by atoms with Gasteiger partial charge in [-0.15, -0.1) is 0 Å². The number of carbonyl (C=O) groups excluding carboxylic acids is 2. The van der Waals surface area contributed by atoms with Crippen LogP contribution in [0.5, 0.6) is 0 Å². The molecule has 83 valence electrons. The van der Waals surface area contributed by atoms with Gasteiger partial charge in [-0.2, -0.15) is 10.3 Å². The third kappa shape index (κ3) is 1.79. The molecule has 2 rings (SSSR count). The molecule has 0 aliphatic carbocycles. The number of nitrogens with zero attached hydrogens (tertiary/aromatic N) is 3. The van der Waals surface area contributed by atoms with Crippen LogP contribution in [0.1, 0.15) is 24.3 Å². The molecule has 2 amide bonds. The van der Waals surface area contributed by atoms with Crippen molar-refractivity contribution < 1.29 is 9.59 Å². The van der Waals surface area contributed by atoms with Gasteiger partial charge in [0.25, 0.3) is 0 Å². The maximum Gasteiger partial charge on any atom is 0.302 e. The van der Waals surface area contributed by atoms with E-state index in [-0.39, 0.29) is 23.5 Å². The van der Waals surface area contributed by atoms with Crippen LogP contribution in [0.4, 0.5) is 5.82 Å². The van der Waals surface area contributed by atoms with Crippen LogP contribution in [0.2, 0.25) is 0 Å². The lowest BCUT2D eigenvalue weighted by Crippen LogP contribution is -2.42. The first-order chi connectivity index (χ1) is 7.58. The Kier molecular flexibility index (Phi) is 2.43. The number of aromatic nitrogens is 2. The van der Waals surface area contributed by atoms with E-state index in [2.05, 4.69) is 25.6 Å². The van der Waals surface area contributed by atoms with Crippen LogP contribution in [-0.2, 0) is 4.79 Å². The average molecular weight is 220 g/mol. The van der Waals surface area contributed by atoms with Gasteiger partial charge in [-0.25, -0.2) is 4.98 Å². The summed E-state index contributed by atoms with van der Waals surface area (Å²) in [6.45, 7) is 3.48. The van der Waals surface area contributed by atoms with E-state index in [1.165, 1.54) is 6.33 Å². The Bertz CT molecular complexity index is 474. The van der Waals surface area contributed by atoms with Crippen LogP contribution in [-0.4, -0.2) is 27.7 Å². The third-order valence-corrected chi connectivity index (χ3v) is 2.01. The highest BCUT2D eigenvalue weighted by Crippen LogP contribution is 2.16. The van der Waals surface area contributed by atoms with Crippen molar-refractivity contribution in [3.63, 3.8) is 0 Å². The molecular weight excluding hydrogens is 210 g/mol. The predicted molar refractivity (Wildman–Crippen MR) is 55.1 cm³/mol. The van der Waals surface area contributed by atoms with Crippen LogP contribution in [0.15, 0.2) is 11.3 Å². The first-order valence-electron chi connectivity index (χ1n) is 4.77. The van der Waals surface area contributed by atoms with Crippen molar-refractivity contribution in [2.45, 2.75) is 13.8 Å². The summed E-state index contributed by atoms with van der Waals surface area (Å²) >= 11 is 0. The van der Waals surface area contributed by atoms with Gasteiger partial charge in [0.1, 0.15) is 0 Å². The molecular formula is C9H10N5O2. The van der Waals surface area contributed by atoms with E-state index in [4.69, 9.17) is 0 Å². The van der Waals surface area contributed by atoms with E-state index in [0.717, 1.165) is 0 Å². The molecule has 0 saturated heterocycles. The number of rotatable bonds is 1. The zero-order valence-corrected chi connectivity index (χ0v) is 8.81. The first-order valence-corrected chi connectivity index (χ1v) is 4.77. The molecule has 1 aromatic rings. The number of nitrogens with one attached hydrogen (secondary N) is 2. The molecule has 1 aliphatic heterocycles. The number of aliphatic imine (C=N–C) groups is 1. The Morgan fingerprint density at radius 2 is 2.25 bits per heavy atom. The molecule has 0 bridgehead atoms. The number of guanidine groups is 1. The highest BCUT2D eigenvalue weighted by molar-refractivity contribution is 6.13. The Morgan fingerprint density at radius 3 is 2.94 bits per heavy atom. The van der Waals surface area contributed by atoms with E-state index >= 15 is 0 Å². The minimum Gasteiger partial charge on any atom is -0.329 e. The fraction of sp³-hybridized carbons (Fsp3) is 0.333. The molecule has 0 saturated carbocycles. The smallest absolute Gasteiger partial charge is 0.302 e. The van der Waals surface area contributed by atoms with Gasteiger partial charge in [-0.05, 0) is 0 Å². The SMILES string of the molecule is CC(C)C(=O)NC1=Nc2[nH]cnc2C(=O)[N]1. The number of aromatic amines is 1. The van der Waals surface area contributed by atoms with Gasteiger partial charge in [-0.3, -0.25) is 14.9 Å². The molecule has 2 heterocycles. The molecule has 0 spiro atoms. The van der Waals surface area contributed by atoms with Crippen LogP contribution in [0.3, 0.4) is 0 Å². The van der Waals surface area contributed by atoms with Gasteiger partial charge in [0.15, 0.2) is 11.5 Å². The van der Waals surface area contributed by atoms with Crippen LogP contribution < -0.4 is 10.6 Å². The standard InChI is InChI=1S/C9H10N5O2/c1-4(2)7(15)13-9-12-6-5(8(16)14-9)10-3-11-6/h3-4H,1-2H3,(H,10,11)(H,12,13,15). The minimum atomic E-state index is -0.509. The van der Waals surface area contributed by atoms with Gasteiger partial charge >= 0.3 is 5.91 Å². The molecule has 1 aromatic heterocycles. The maximum atomic E-state index is 11.4. The largest absolute Gasteiger partial charge is 0.329 e. The second-order valence-corrected chi connectivity index (χ2v) is 3.60. The Hall–Kier alpha value is -2.18. The maximum absolute atomic E-state index is 11.4. The first kappa shape index (κ1) is 10.3. The number of amides is 2. The molecule has 7 nitrogen and oxygen atoms in total. The summed E-state index contributed by atoms with van der Waals surface area (Å²) in [4.78, 5) is 33.2. The van der Waals surface area contributed by atoms with Gasteiger partial charge in [0.05, 0.1) is 6.33 Å². The van der Waals surface area contributed by atoms with Gasteiger partial charge in [0, 0.05) is 5.92 Å². The average Bonchev–Trinajstić information content (AvgIpc) is 2.65. The lowest BCUT2D eigenvalue weighted by atomic mass is 10.2. The van der Waals surface area contributed by atoms with Crippen LogP contribution in [0.25, 0.3) is 0 Å². The van der Waals surface area contributed by atoms with Crippen molar-refractivity contribution in [3.8, 4) is 0 Å². The quantitative estimate of drug-likeness (QED) is 0.692. The summed E-state index contributed by atoms with van der Waals surface area (Å²) in [5, 5.41) is 6.07. The van der Waals surface area contributed by atoms with Crippen LogP contribution in [0, 0.1) is 5.92 Å². The van der Waals surface area contributed by atoms with Crippen molar-refractivity contribution in [2.24, 2.45) is 10.9 Å². The van der Waals surface area contributed by atoms with Gasteiger partial charge in [-0.1, -0.05) is 13.8 Å².